The van der Waals surface area contributed by atoms with E-state index < -0.39 is 6.10 Å². The number of hydrogen-bond donors (Lipinski definition) is 1. The lowest BCUT2D eigenvalue weighted by atomic mass is 10.1. The van der Waals surface area contributed by atoms with E-state index in [1.165, 1.54) is 11.1 Å². The summed E-state index contributed by atoms with van der Waals surface area (Å²) in [5, 5.41) is 10.7. The van der Waals surface area contributed by atoms with Crippen molar-refractivity contribution in [3.8, 4) is 5.75 Å². The van der Waals surface area contributed by atoms with Crippen LogP contribution in [0.3, 0.4) is 0 Å². The molecule has 1 aliphatic rings. The summed E-state index contributed by atoms with van der Waals surface area (Å²) in [5.74, 6) is 0.915. The lowest BCUT2D eigenvalue weighted by Crippen LogP contribution is -2.49. The molecule has 1 aromatic heterocycles. The number of imidazole rings is 1. The number of methoxy groups -OCH3 is 1. The lowest BCUT2D eigenvalue weighted by molar-refractivity contribution is 0.0958. The van der Waals surface area contributed by atoms with E-state index in [4.69, 9.17) is 4.74 Å². The lowest BCUT2D eigenvalue weighted by Gasteiger charge is -2.37. The summed E-state index contributed by atoms with van der Waals surface area (Å²) in [7, 11) is 1.72. The number of para-hydroxylation sites is 2. The fourth-order valence-corrected chi connectivity index (χ4v) is 4.10. The van der Waals surface area contributed by atoms with Gasteiger partial charge >= 0.3 is 0 Å². The minimum Gasteiger partial charge on any atom is -0.495 e. The van der Waals surface area contributed by atoms with E-state index >= 15 is 0 Å². The number of piperazine rings is 1. The highest BCUT2D eigenvalue weighted by Gasteiger charge is 2.21. The van der Waals surface area contributed by atoms with E-state index in [9.17, 15) is 5.11 Å². The van der Waals surface area contributed by atoms with Gasteiger partial charge in [0.2, 0.25) is 0 Å². The van der Waals surface area contributed by atoms with Gasteiger partial charge in [0, 0.05) is 32.7 Å². The summed E-state index contributed by atoms with van der Waals surface area (Å²) in [6.45, 7) is 9.17. The second-order valence-electron chi connectivity index (χ2n) is 7.94. The van der Waals surface area contributed by atoms with Crippen LogP contribution in [0.25, 0.3) is 11.0 Å². The monoisotopic (exact) mass is 394 g/mol. The van der Waals surface area contributed by atoms with E-state index in [-0.39, 0.29) is 0 Å². The topological polar surface area (TPSA) is 53.8 Å². The van der Waals surface area contributed by atoms with Crippen molar-refractivity contribution in [1.29, 1.82) is 0 Å². The Balaban J connectivity index is 1.34. The van der Waals surface area contributed by atoms with Gasteiger partial charge in [0.15, 0.2) is 0 Å². The van der Waals surface area contributed by atoms with E-state index in [1.807, 2.05) is 24.5 Å². The third kappa shape index (κ3) is 4.23. The number of fused-ring (bicyclic) bond motifs is 1. The molecule has 6 heteroatoms. The summed E-state index contributed by atoms with van der Waals surface area (Å²) in [6, 6.07) is 12.4. The van der Waals surface area contributed by atoms with Crippen LogP contribution >= 0.6 is 0 Å². The van der Waals surface area contributed by atoms with Crippen molar-refractivity contribution in [3.05, 3.63) is 53.9 Å². The highest BCUT2D eigenvalue weighted by Crippen LogP contribution is 2.28. The van der Waals surface area contributed by atoms with Crippen LogP contribution in [0.15, 0.2) is 42.7 Å². The van der Waals surface area contributed by atoms with Gasteiger partial charge in [-0.05, 0) is 49.2 Å². The van der Waals surface area contributed by atoms with Crippen LogP contribution in [0, 0.1) is 13.8 Å². The molecule has 3 aromatic rings. The number of β-amino-alcohol motifs (C(OH)–C–C–N with tert-alkyl or cyclic N) is 1. The van der Waals surface area contributed by atoms with Crippen LogP contribution in [0.2, 0.25) is 0 Å². The molecule has 1 unspecified atom stereocenters. The van der Waals surface area contributed by atoms with Crippen molar-refractivity contribution < 1.29 is 9.84 Å². The number of aliphatic hydroxyl groups is 1. The number of benzene rings is 2. The summed E-state index contributed by atoms with van der Waals surface area (Å²) in [4.78, 5) is 9.20. The number of anilines is 1. The van der Waals surface area contributed by atoms with Crippen LogP contribution < -0.4 is 9.64 Å². The summed E-state index contributed by atoms with van der Waals surface area (Å²) in [6.07, 6.45) is 1.42. The number of aliphatic hydroxyl groups excluding tert-OH is 1. The van der Waals surface area contributed by atoms with Crippen molar-refractivity contribution in [2.24, 2.45) is 0 Å². The number of hydrogen-bond acceptors (Lipinski definition) is 5. The molecule has 1 atom stereocenters. The molecular formula is C23H30N4O2. The zero-order valence-corrected chi connectivity index (χ0v) is 17.5. The second-order valence-corrected chi connectivity index (χ2v) is 7.94. The van der Waals surface area contributed by atoms with Crippen LogP contribution in [-0.4, -0.2) is 65.5 Å². The van der Waals surface area contributed by atoms with Crippen molar-refractivity contribution in [2.75, 3.05) is 44.7 Å². The molecule has 1 aliphatic heterocycles. The quantitative estimate of drug-likeness (QED) is 0.697. The van der Waals surface area contributed by atoms with Gasteiger partial charge in [0.1, 0.15) is 5.75 Å². The third-order valence-electron chi connectivity index (χ3n) is 5.91. The second kappa shape index (κ2) is 8.43. The molecule has 0 amide bonds. The van der Waals surface area contributed by atoms with Crippen molar-refractivity contribution in [3.63, 3.8) is 0 Å². The van der Waals surface area contributed by atoms with Gasteiger partial charge in [-0.1, -0.05) is 12.1 Å². The van der Waals surface area contributed by atoms with E-state index in [0.29, 0.717) is 13.1 Å². The molecule has 6 nitrogen and oxygen atoms in total. The number of ether oxygens (including phenoxy) is 1. The predicted molar refractivity (Wildman–Crippen MR) is 117 cm³/mol. The fraction of sp³-hybridized carbons (Fsp3) is 0.435. The fourth-order valence-electron chi connectivity index (χ4n) is 4.10. The predicted octanol–water partition coefficient (Wildman–Crippen LogP) is 2.84. The normalized spacial score (nSPS) is 16.3. The first kappa shape index (κ1) is 19.7. The van der Waals surface area contributed by atoms with Crippen LogP contribution in [0.4, 0.5) is 5.69 Å². The third-order valence-corrected chi connectivity index (χ3v) is 5.91. The summed E-state index contributed by atoms with van der Waals surface area (Å²) in [5.41, 5.74) is 5.72. The van der Waals surface area contributed by atoms with Gasteiger partial charge in [-0.3, -0.25) is 4.90 Å². The summed E-state index contributed by atoms with van der Waals surface area (Å²) < 4.78 is 7.56. The number of aryl methyl sites for hydroxylation is 2. The Morgan fingerprint density at radius 3 is 2.52 bits per heavy atom. The molecule has 0 radical (unpaired) electrons. The molecular weight excluding hydrogens is 364 g/mol. The van der Waals surface area contributed by atoms with Gasteiger partial charge < -0.3 is 19.3 Å². The van der Waals surface area contributed by atoms with Gasteiger partial charge in [0.25, 0.3) is 0 Å². The molecule has 1 N–H and O–H groups in total. The van der Waals surface area contributed by atoms with Gasteiger partial charge in [-0.25, -0.2) is 4.98 Å². The summed E-state index contributed by atoms with van der Waals surface area (Å²) >= 11 is 0. The average Bonchev–Trinajstić information content (AvgIpc) is 3.10. The van der Waals surface area contributed by atoms with Gasteiger partial charge in [-0.2, -0.15) is 0 Å². The molecule has 0 aliphatic carbocycles. The molecule has 0 spiro atoms. The first-order valence-electron chi connectivity index (χ1n) is 10.3. The maximum Gasteiger partial charge on any atom is 0.142 e. The highest BCUT2D eigenvalue weighted by molar-refractivity contribution is 5.77. The average molecular weight is 395 g/mol. The SMILES string of the molecule is COc1ccccc1N1CCN(CC(O)Cn2cnc3cc(C)c(C)cc32)CC1. The minimum atomic E-state index is -0.424. The zero-order chi connectivity index (χ0) is 20.4. The highest BCUT2D eigenvalue weighted by atomic mass is 16.5. The largest absolute Gasteiger partial charge is 0.495 e. The molecule has 154 valence electrons. The van der Waals surface area contributed by atoms with E-state index in [2.05, 4.69) is 51.4 Å². The van der Waals surface area contributed by atoms with Crippen LogP contribution in [0.1, 0.15) is 11.1 Å². The van der Waals surface area contributed by atoms with Crippen molar-refractivity contribution >= 4 is 16.7 Å². The Morgan fingerprint density at radius 2 is 1.76 bits per heavy atom. The first-order chi connectivity index (χ1) is 14.0. The van der Waals surface area contributed by atoms with Crippen molar-refractivity contribution in [2.45, 2.75) is 26.5 Å². The Hall–Kier alpha value is -2.57. The minimum absolute atomic E-state index is 0.424. The van der Waals surface area contributed by atoms with E-state index in [1.54, 1.807) is 7.11 Å². The Labute approximate surface area is 172 Å². The Bertz CT molecular complexity index is 976. The van der Waals surface area contributed by atoms with Gasteiger partial charge in [-0.15, -0.1) is 0 Å². The Morgan fingerprint density at radius 1 is 1.03 bits per heavy atom. The molecule has 1 saturated heterocycles. The molecule has 2 heterocycles. The van der Waals surface area contributed by atoms with Gasteiger partial charge in [0.05, 0.1) is 42.8 Å². The number of aromatic nitrogens is 2. The van der Waals surface area contributed by atoms with Crippen LogP contribution in [-0.2, 0) is 6.54 Å². The zero-order valence-electron chi connectivity index (χ0n) is 17.5. The molecule has 29 heavy (non-hydrogen) atoms. The van der Waals surface area contributed by atoms with E-state index in [0.717, 1.165) is 48.6 Å². The molecule has 1 fully saturated rings. The van der Waals surface area contributed by atoms with Crippen molar-refractivity contribution in [1.82, 2.24) is 14.5 Å². The number of nitrogens with zero attached hydrogens (tertiary/aromatic N) is 4. The molecule has 0 bridgehead atoms. The maximum atomic E-state index is 10.7. The Kier molecular flexibility index (Phi) is 5.74. The molecule has 0 saturated carbocycles. The molecule has 2 aromatic carbocycles. The van der Waals surface area contributed by atoms with Crippen LogP contribution in [0.5, 0.6) is 5.75 Å². The standard InChI is InChI=1S/C23H30N4O2/c1-17-12-20-22(13-18(17)2)27(16-24-20)15-19(28)14-25-8-10-26(11-9-25)21-6-4-5-7-23(21)29-3/h4-7,12-13,16,19,28H,8-11,14-15H2,1-3H3. The first-order valence-corrected chi connectivity index (χ1v) is 10.3. The smallest absolute Gasteiger partial charge is 0.142 e. The maximum absolute atomic E-state index is 10.7. The number of rotatable bonds is 6. The molecule has 4 rings (SSSR count).